The standard InChI is InChI=1S/C16H19FN4O/c17-12-7-5-11(6-8-12)9-14-19-15(21-20-14)10-16(22)18-13-3-1-2-4-13/h5-8,13H,1-4,9-10H2,(H,18,22)(H,19,20,21). The third kappa shape index (κ3) is 3.90. The first kappa shape index (κ1) is 14.7. The summed E-state index contributed by atoms with van der Waals surface area (Å²) < 4.78 is 12.9. The molecule has 1 amide bonds. The van der Waals surface area contributed by atoms with E-state index < -0.39 is 0 Å². The van der Waals surface area contributed by atoms with Gasteiger partial charge in [0.05, 0.1) is 6.42 Å². The highest BCUT2D eigenvalue weighted by atomic mass is 19.1. The van der Waals surface area contributed by atoms with Gasteiger partial charge in [-0.1, -0.05) is 25.0 Å². The summed E-state index contributed by atoms with van der Waals surface area (Å²) in [5, 5.41) is 9.92. The number of hydrogen-bond donors (Lipinski definition) is 2. The van der Waals surface area contributed by atoms with E-state index in [4.69, 9.17) is 0 Å². The Hall–Kier alpha value is -2.24. The van der Waals surface area contributed by atoms with Crippen LogP contribution >= 0.6 is 0 Å². The van der Waals surface area contributed by atoms with E-state index in [-0.39, 0.29) is 18.1 Å². The molecule has 5 nitrogen and oxygen atoms in total. The van der Waals surface area contributed by atoms with Crippen LogP contribution < -0.4 is 5.32 Å². The molecule has 1 aliphatic carbocycles. The molecule has 1 heterocycles. The highest BCUT2D eigenvalue weighted by Crippen LogP contribution is 2.17. The summed E-state index contributed by atoms with van der Waals surface area (Å²) in [5.74, 6) is 0.882. The molecule has 116 valence electrons. The summed E-state index contributed by atoms with van der Waals surface area (Å²) >= 11 is 0. The number of carbonyl (C=O) groups is 1. The zero-order valence-corrected chi connectivity index (χ0v) is 12.3. The fraction of sp³-hybridized carbons (Fsp3) is 0.438. The number of halogens is 1. The van der Waals surface area contributed by atoms with Crippen LogP contribution in [0.3, 0.4) is 0 Å². The number of nitrogens with one attached hydrogen (secondary N) is 2. The SMILES string of the molecule is O=C(Cc1n[nH]c(Cc2ccc(F)cc2)n1)NC1CCCC1. The van der Waals surface area contributed by atoms with Crippen LogP contribution in [0.1, 0.15) is 42.9 Å². The third-order valence-electron chi connectivity index (χ3n) is 3.90. The van der Waals surface area contributed by atoms with Gasteiger partial charge in [-0.25, -0.2) is 9.37 Å². The van der Waals surface area contributed by atoms with Crippen LogP contribution in [-0.2, 0) is 17.6 Å². The minimum atomic E-state index is -0.259. The Balaban J connectivity index is 1.54. The van der Waals surface area contributed by atoms with Gasteiger partial charge in [0, 0.05) is 12.5 Å². The Morgan fingerprint density at radius 1 is 1.27 bits per heavy atom. The Bertz CT molecular complexity index is 632. The van der Waals surface area contributed by atoms with Crippen LogP contribution in [0.2, 0.25) is 0 Å². The molecule has 0 aliphatic heterocycles. The van der Waals surface area contributed by atoms with Crippen molar-refractivity contribution in [3.05, 3.63) is 47.3 Å². The fourth-order valence-electron chi connectivity index (χ4n) is 2.78. The lowest BCUT2D eigenvalue weighted by atomic mass is 10.1. The Morgan fingerprint density at radius 3 is 2.73 bits per heavy atom. The molecule has 0 saturated heterocycles. The molecule has 0 atom stereocenters. The second kappa shape index (κ2) is 6.68. The number of amides is 1. The van der Waals surface area contributed by atoms with Gasteiger partial charge in [0.1, 0.15) is 11.6 Å². The Morgan fingerprint density at radius 2 is 2.00 bits per heavy atom. The highest BCUT2D eigenvalue weighted by molar-refractivity contribution is 5.78. The molecule has 1 saturated carbocycles. The van der Waals surface area contributed by atoms with E-state index in [9.17, 15) is 9.18 Å². The molecule has 0 bridgehead atoms. The van der Waals surface area contributed by atoms with Crippen molar-refractivity contribution < 1.29 is 9.18 Å². The maximum Gasteiger partial charge on any atom is 0.227 e. The van der Waals surface area contributed by atoms with E-state index in [0.29, 0.717) is 24.1 Å². The van der Waals surface area contributed by atoms with Crippen LogP contribution in [0.5, 0.6) is 0 Å². The summed E-state index contributed by atoms with van der Waals surface area (Å²) in [4.78, 5) is 16.2. The van der Waals surface area contributed by atoms with E-state index in [1.54, 1.807) is 12.1 Å². The molecule has 1 aromatic heterocycles. The molecule has 6 heteroatoms. The predicted octanol–water partition coefficient (Wildman–Crippen LogP) is 2.14. The van der Waals surface area contributed by atoms with Crippen molar-refractivity contribution in [2.75, 3.05) is 0 Å². The van der Waals surface area contributed by atoms with Gasteiger partial charge in [0.15, 0.2) is 5.82 Å². The molecular formula is C16H19FN4O. The topological polar surface area (TPSA) is 70.7 Å². The van der Waals surface area contributed by atoms with Gasteiger partial charge in [-0.05, 0) is 30.5 Å². The molecule has 0 radical (unpaired) electrons. The maximum atomic E-state index is 12.9. The van der Waals surface area contributed by atoms with Crippen molar-refractivity contribution in [3.8, 4) is 0 Å². The monoisotopic (exact) mass is 302 g/mol. The molecule has 22 heavy (non-hydrogen) atoms. The van der Waals surface area contributed by atoms with Gasteiger partial charge in [0.2, 0.25) is 5.91 Å². The van der Waals surface area contributed by atoms with E-state index in [2.05, 4.69) is 20.5 Å². The number of hydrogen-bond acceptors (Lipinski definition) is 3. The lowest BCUT2D eigenvalue weighted by molar-refractivity contribution is -0.121. The quantitative estimate of drug-likeness (QED) is 0.889. The number of rotatable bonds is 5. The van der Waals surface area contributed by atoms with E-state index in [1.165, 1.54) is 25.0 Å². The predicted molar refractivity (Wildman–Crippen MR) is 79.7 cm³/mol. The average molecular weight is 302 g/mol. The van der Waals surface area contributed by atoms with E-state index in [0.717, 1.165) is 18.4 Å². The van der Waals surface area contributed by atoms with Crippen LogP contribution in [0.4, 0.5) is 4.39 Å². The molecule has 1 aromatic carbocycles. The fourth-order valence-corrected chi connectivity index (χ4v) is 2.78. The maximum absolute atomic E-state index is 12.9. The van der Waals surface area contributed by atoms with Crippen molar-refractivity contribution >= 4 is 5.91 Å². The normalized spacial score (nSPS) is 15.1. The molecular weight excluding hydrogens is 283 g/mol. The second-order valence-electron chi connectivity index (χ2n) is 5.73. The molecule has 0 unspecified atom stereocenters. The first-order valence-electron chi connectivity index (χ1n) is 7.63. The molecule has 1 fully saturated rings. The lowest BCUT2D eigenvalue weighted by Crippen LogP contribution is -2.33. The van der Waals surface area contributed by atoms with Gasteiger partial charge in [0.25, 0.3) is 0 Å². The minimum Gasteiger partial charge on any atom is -0.353 e. The first-order valence-corrected chi connectivity index (χ1v) is 7.63. The van der Waals surface area contributed by atoms with Gasteiger partial charge in [-0.3, -0.25) is 9.89 Å². The van der Waals surface area contributed by atoms with Crippen molar-refractivity contribution in [1.29, 1.82) is 0 Å². The molecule has 2 aromatic rings. The van der Waals surface area contributed by atoms with E-state index in [1.807, 2.05) is 0 Å². The van der Waals surface area contributed by atoms with Gasteiger partial charge in [-0.15, -0.1) is 0 Å². The van der Waals surface area contributed by atoms with Crippen LogP contribution in [0.25, 0.3) is 0 Å². The van der Waals surface area contributed by atoms with Gasteiger partial charge >= 0.3 is 0 Å². The number of aromatic nitrogens is 3. The van der Waals surface area contributed by atoms with Gasteiger partial charge in [-0.2, -0.15) is 5.10 Å². The minimum absolute atomic E-state index is 0.0285. The number of carbonyl (C=O) groups excluding carboxylic acids is 1. The second-order valence-corrected chi connectivity index (χ2v) is 5.73. The smallest absolute Gasteiger partial charge is 0.227 e. The number of nitrogens with zero attached hydrogens (tertiary/aromatic N) is 2. The zero-order chi connectivity index (χ0) is 15.4. The largest absolute Gasteiger partial charge is 0.353 e. The molecule has 0 spiro atoms. The number of H-pyrrole nitrogens is 1. The Kier molecular flexibility index (Phi) is 4.46. The first-order chi connectivity index (χ1) is 10.7. The van der Waals surface area contributed by atoms with Crippen LogP contribution in [-0.4, -0.2) is 27.1 Å². The van der Waals surface area contributed by atoms with E-state index >= 15 is 0 Å². The highest BCUT2D eigenvalue weighted by Gasteiger charge is 2.18. The molecule has 1 aliphatic rings. The van der Waals surface area contributed by atoms with Crippen LogP contribution in [0.15, 0.2) is 24.3 Å². The number of benzene rings is 1. The molecule has 3 rings (SSSR count). The number of aromatic amines is 1. The van der Waals surface area contributed by atoms with Crippen molar-refractivity contribution in [1.82, 2.24) is 20.5 Å². The summed E-state index contributed by atoms with van der Waals surface area (Å²) in [6.07, 6.45) is 5.24. The van der Waals surface area contributed by atoms with Crippen LogP contribution in [0, 0.1) is 5.82 Å². The lowest BCUT2D eigenvalue weighted by Gasteiger charge is -2.10. The third-order valence-corrected chi connectivity index (χ3v) is 3.90. The zero-order valence-electron chi connectivity index (χ0n) is 12.3. The molecule has 2 N–H and O–H groups in total. The van der Waals surface area contributed by atoms with Crippen molar-refractivity contribution in [2.45, 2.75) is 44.6 Å². The van der Waals surface area contributed by atoms with Crippen molar-refractivity contribution in [2.24, 2.45) is 0 Å². The summed E-state index contributed by atoms with van der Waals surface area (Å²) in [7, 11) is 0. The Labute approximate surface area is 128 Å². The average Bonchev–Trinajstić information content (AvgIpc) is 3.14. The van der Waals surface area contributed by atoms with Gasteiger partial charge < -0.3 is 5.32 Å². The van der Waals surface area contributed by atoms with Crippen molar-refractivity contribution in [3.63, 3.8) is 0 Å². The summed E-state index contributed by atoms with van der Waals surface area (Å²) in [5.41, 5.74) is 0.944. The summed E-state index contributed by atoms with van der Waals surface area (Å²) in [6.45, 7) is 0. The summed E-state index contributed by atoms with van der Waals surface area (Å²) in [6, 6.07) is 6.57.